The molecule has 0 saturated carbocycles. The Bertz CT molecular complexity index is 6.00. The van der Waals surface area contributed by atoms with Gasteiger partial charge in [0.25, 0.3) is 0 Å². The fourth-order valence-corrected chi connectivity index (χ4v) is 0. The molecule has 0 fully saturated rings. The normalized spacial score (nSPS) is 4.50. The van der Waals surface area contributed by atoms with E-state index in [-0.39, 0.29) is 7.43 Å². The van der Waals surface area contributed by atoms with Gasteiger partial charge in [0.1, 0.15) is 0 Å². The molecule has 0 atom stereocenters. The summed E-state index contributed by atoms with van der Waals surface area (Å²) in [6.07, 6.45) is 0. The highest BCUT2D eigenvalue weighted by atomic mass is 79.9. The van der Waals surface area contributed by atoms with E-state index >= 15 is 0 Å². The monoisotopic (exact) mass is 206 g/mol. The third-order valence-electron chi connectivity index (χ3n) is 0. The smallest absolute Gasteiger partial charge is 0.00191 e. The molecule has 0 N–H and O–H groups in total. The van der Waals surface area contributed by atoms with Gasteiger partial charge in [-0.1, -0.05) is 7.43 Å². The lowest BCUT2D eigenvalue weighted by Gasteiger charge is -1.41. The lowest BCUT2D eigenvalue weighted by atomic mass is 12.0. The van der Waals surface area contributed by atoms with Crippen molar-refractivity contribution in [1.29, 1.82) is 0 Å². The van der Waals surface area contributed by atoms with Crippen LogP contribution in [0.4, 0.5) is 0 Å². The Hall–Kier alpha value is 1.31. The van der Waals surface area contributed by atoms with E-state index < -0.39 is 0 Å². The Morgan fingerprint density at radius 1 is 1.25 bits per heavy atom. The minimum Gasteiger partial charge on any atom is -0.0776 e. The van der Waals surface area contributed by atoms with Crippen LogP contribution < -0.4 is 0 Å². The zero-order chi connectivity index (χ0) is 2.71. The van der Waals surface area contributed by atoms with Gasteiger partial charge >= 0.3 is 0 Å². The molecule has 4 heavy (non-hydrogen) atoms. The molecule has 0 unspecified atom stereocenters. The summed E-state index contributed by atoms with van der Waals surface area (Å²) in [5.74, 6) is 0. The molecule has 0 aromatic rings. The van der Waals surface area contributed by atoms with Crippen LogP contribution in [0.15, 0.2) is 0 Å². The van der Waals surface area contributed by atoms with Crippen LogP contribution in [0.2, 0.25) is 0 Å². The maximum Gasteiger partial charge on any atom is 0.00191 e. The second-order valence-corrected chi connectivity index (χ2v) is 4.72. The van der Waals surface area contributed by atoms with E-state index in [0.717, 1.165) is 0 Å². The van der Waals surface area contributed by atoms with E-state index in [4.69, 9.17) is 0 Å². The highest BCUT2D eigenvalue weighted by Crippen LogP contribution is 2.17. The summed E-state index contributed by atoms with van der Waals surface area (Å²) in [6.45, 7) is 0. The molecule has 0 amide bonds. The molecule has 0 aliphatic heterocycles. The van der Waals surface area contributed by atoms with Crippen molar-refractivity contribution in [2.75, 3.05) is 0 Å². The third kappa shape index (κ3) is 10.3. The molecule has 0 aromatic heterocycles. The van der Waals surface area contributed by atoms with Crippen LogP contribution >= 0.6 is 38.3 Å². The topological polar surface area (TPSA) is 0 Å². The maximum atomic E-state index is 2.98. The number of hydrogen-bond donors (Lipinski definition) is 0. The van der Waals surface area contributed by atoms with Crippen molar-refractivity contribution in [3.8, 4) is 0 Å². The van der Waals surface area contributed by atoms with E-state index in [0.29, 0.717) is 0 Å². The second kappa shape index (κ2) is 8.85. The highest BCUT2D eigenvalue weighted by molar-refractivity contribution is 9.82. The summed E-state index contributed by atoms with van der Waals surface area (Å²) >= 11 is 5.96. The van der Waals surface area contributed by atoms with Crippen molar-refractivity contribution in [3.63, 3.8) is 0 Å². The van der Waals surface area contributed by atoms with Crippen LogP contribution in [0.3, 0.4) is 0 Å². The standard InChI is InChI=1S/CH4.Br2S/c;1-3-2/h1H4;. The van der Waals surface area contributed by atoms with E-state index in [1.165, 1.54) is 8.63 Å². The molecule has 0 aliphatic carbocycles. The van der Waals surface area contributed by atoms with Gasteiger partial charge in [-0.05, 0) is 8.63 Å². The van der Waals surface area contributed by atoms with Crippen LogP contribution in [-0.4, -0.2) is 0 Å². The molecule has 0 heterocycles. The molecule has 0 nitrogen and oxygen atoms in total. The van der Waals surface area contributed by atoms with Crippen LogP contribution in [0.5, 0.6) is 0 Å². The van der Waals surface area contributed by atoms with Crippen molar-refractivity contribution in [2.45, 2.75) is 7.43 Å². The lowest BCUT2D eigenvalue weighted by Crippen LogP contribution is -0.670. The van der Waals surface area contributed by atoms with Crippen molar-refractivity contribution in [1.82, 2.24) is 0 Å². The van der Waals surface area contributed by atoms with Gasteiger partial charge in [0.2, 0.25) is 0 Å². The summed E-state index contributed by atoms with van der Waals surface area (Å²) in [5.41, 5.74) is 0. The summed E-state index contributed by atoms with van der Waals surface area (Å²) in [4.78, 5) is 0. The van der Waals surface area contributed by atoms with Gasteiger partial charge in [0.15, 0.2) is 0 Å². The first-order valence-electron chi connectivity index (χ1n) is 0.309. The molecule has 0 aliphatic rings. The Morgan fingerprint density at radius 2 is 1.25 bits per heavy atom. The molecule has 28 valence electrons. The predicted molar refractivity (Wildman–Crippen MR) is 32.2 cm³/mol. The van der Waals surface area contributed by atoms with Crippen molar-refractivity contribution >= 4 is 38.3 Å². The third-order valence-corrected chi connectivity index (χ3v) is 0. The average Bonchev–Trinajstić information content (AvgIpc) is 0.918. The first kappa shape index (κ1) is 9.00. The minimum absolute atomic E-state index is 0. The van der Waals surface area contributed by atoms with E-state index in [2.05, 4.69) is 29.6 Å². The molecule has 0 aromatic carbocycles. The molecule has 0 bridgehead atoms. The van der Waals surface area contributed by atoms with Crippen molar-refractivity contribution in [3.05, 3.63) is 0 Å². The maximum absolute atomic E-state index is 2.98. The highest BCUT2D eigenvalue weighted by Gasteiger charge is 1.41. The molecular weight excluding hydrogens is 204 g/mol. The zero-order valence-corrected chi connectivity index (χ0v) is 5.15. The molecule has 3 heteroatoms. The van der Waals surface area contributed by atoms with E-state index in [1.807, 2.05) is 0 Å². The van der Waals surface area contributed by atoms with Crippen molar-refractivity contribution < 1.29 is 0 Å². The van der Waals surface area contributed by atoms with Gasteiger partial charge in [0, 0.05) is 29.6 Å². The molecule has 0 spiro atoms. The Morgan fingerprint density at radius 3 is 1.25 bits per heavy atom. The quantitative estimate of drug-likeness (QED) is 0.589. The minimum atomic E-state index is 0. The van der Waals surface area contributed by atoms with Gasteiger partial charge in [-0.25, -0.2) is 0 Å². The fourth-order valence-electron chi connectivity index (χ4n) is 0. The molecule has 0 saturated heterocycles. The summed E-state index contributed by atoms with van der Waals surface area (Å²) < 4.78 is 0. The van der Waals surface area contributed by atoms with Crippen LogP contribution in [0.25, 0.3) is 0 Å². The summed E-state index contributed by atoms with van der Waals surface area (Å²) in [5, 5.41) is 0. The first-order valence-corrected chi connectivity index (χ1v) is 4.81. The summed E-state index contributed by atoms with van der Waals surface area (Å²) in [7, 11) is 1.38. The van der Waals surface area contributed by atoms with Gasteiger partial charge in [-0.2, -0.15) is 0 Å². The number of hydrogen-bond acceptors (Lipinski definition) is 1. The van der Waals surface area contributed by atoms with Crippen LogP contribution in [0.1, 0.15) is 7.43 Å². The van der Waals surface area contributed by atoms with Gasteiger partial charge in [0.05, 0.1) is 0 Å². The lowest BCUT2D eigenvalue weighted by molar-refractivity contribution is 2.50. The number of halogens is 2. The fraction of sp³-hybridized carbons (Fsp3) is 1.00. The SMILES string of the molecule is BrSBr.C. The van der Waals surface area contributed by atoms with Gasteiger partial charge < -0.3 is 0 Å². The van der Waals surface area contributed by atoms with E-state index in [1.54, 1.807) is 0 Å². The summed E-state index contributed by atoms with van der Waals surface area (Å²) in [6, 6.07) is 0. The molecular formula is CH4Br2S. The van der Waals surface area contributed by atoms with Gasteiger partial charge in [-0.3, -0.25) is 0 Å². The van der Waals surface area contributed by atoms with Gasteiger partial charge in [-0.15, -0.1) is 0 Å². The average molecular weight is 208 g/mol. The zero-order valence-electron chi connectivity index (χ0n) is 1.16. The first-order chi connectivity index (χ1) is 1.41. The number of rotatable bonds is 0. The van der Waals surface area contributed by atoms with Crippen LogP contribution in [-0.2, 0) is 0 Å². The van der Waals surface area contributed by atoms with Crippen LogP contribution in [0, 0.1) is 0 Å². The molecule has 0 radical (unpaired) electrons. The predicted octanol–water partition coefficient (Wildman–Crippen LogP) is 2.98. The largest absolute Gasteiger partial charge is 0.0776 e. The molecule has 0 rings (SSSR count). The van der Waals surface area contributed by atoms with Crippen molar-refractivity contribution in [2.24, 2.45) is 0 Å². The Labute approximate surface area is 45.8 Å². The second-order valence-electron chi connectivity index (χ2n) is 0.0583. The van der Waals surface area contributed by atoms with E-state index in [9.17, 15) is 0 Å². The Kier molecular flexibility index (Phi) is 19.9. The Balaban J connectivity index is 0.